The number of benzene rings is 2. The number of anilines is 2. The number of nitrogens with zero attached hydrogens (tertiary/aromatic N) is 1. The van der Waals surface area contributed by atoms with Crippen LogP contribution >= 0.6 is 23.2 Å². The molecular formula is C16H16Cl2N2O3S. The minimum Gasteiger partial charge on any atom is -0.326 e. The third kappa shape index (κ3) is 5.12. The summed E-state index contributed by atoms with van der Waals surface area (Å²) in [7, 11) is -3.62. The van der Waals surface area contributed by atoms with E-state index in [1.807, 2.05) is 6.07 Å². The summed E-state index contributed by atoms with van der Waals surface area (Å²) in [6, 6.07) is 13.5. The minimum atomic E-state index is -3.62. The van der Waals surface area contributed by atoms with Gasteiger partial charge >= 0.3 is 0 Å². The molecule has 0 heterocycles. The van der Waals surface area contributed by atoms with Crippen molar-refractivity contribution in [3.63, 3.8) is 0 Å². The third-order valence-electron chi connectivity index (χ3n) is 3.18. The second-order valence-corrected chi connectivity index (χ2v) is 7.85. The Kier molecular flexibility index (Phi) is 6.10. The van der Waals surface area contributed by atoms with Crippen molar-refractivity contribution in [2.45, 2.75) is 6.42 Å². The predicted octanol–water partition coefficient (Wildman–Crippen LogP) is 3.79. The Balaban J connectivity index is 2.13. The molecule has 24 heavy (non-hydrogen) atoms. The van der Waals surface area contributed by atoms with E-state index in [-0.39, 0.29) is 29.6 Å². The van der Waals surface area contributed by atoms with Gasteiger partial charge in [0, 0.05) is 23.7 Å². The minimum absolute atomic E-state index is 0.0230. The smallest absolute Gasteiger partial charge is 0.232 e. The van der Waals surface area contributed by atoms with Crippen molar-refractivity contribution in [2.24, 2.45) is 0 Å². The van der Waals surface area contributed by atoms with Gasteiger partial charge in [0.05, 0.1) is 17.0 Å². The van der Waals surface area contributed by atoms with E-state index in [1.165, 1.54) is 12.1 Å². The summed E-state index contributed by atoms with van der Waals surface area (Å²) in [5.41, 5.74) is 0.897. The van der Waals surface area contributed by atoms with Crippen LogP contribution in [0.2, 0.25) is 10.0 Å². The van der Waals surface area contributed by atoms with Gasteiger partial charge in [-0.1, -0.05) is 41.4 Å². The van der Waals surface area contributed by atoms with Crippen molar-refractivity contribution >= 4 is 50.5 Å². The second kappa shape index (κ2) is 7.88. The summed E-state index contributed by atoms with van der Waals surface area (Å²) in [4.78, 5) is 12.0. The van der Waals surface area contributed by atoms with Gasteiger partial charge in [-0.3, -0.25) is 9.10 Å². The van der Waals surface area contributed by atoms with Crippen molar-refractivity contribution in [1.82, 2.24) is 0 Å². The van der Waals surface area contributed by atoms with E-state index >= 15 is 0 Å². The third-order valence-corrected chi connectivity index (χ3v) is 4.91. The van der Waals surface area contributed by atoms with Crippen LogP contribution in [0.5, 0.6) is 0 Å². The molecule has 0 radical (unpaired) electrons. The maximum absolute atomic E-state index is 12.1. The van der Waals surface area contributed by atoms with E-state index in [0.717, 1.165) is 10.6 Å². The van der Waals surface area contributed by atoms with Gasteiger partial charge in [-0.15, -0.1) is 0 Å². The lowest BCUT2D eigenvalue weighted by atomic mass is 10.3. The molecule has 5 nitrogen and oxygen atoms in total. The Morgan fingerprint density at radius 1 is 1.12 bits per heavy atom. The standard InChI is InChI=1S/C16H16Cl2N2O3S/c1-24(22,23)20(15-11-12(17)7-8-14(15)18)10-9-16(21)19-13-5-3-2-4-6-13/h2-8,11H,9-10H2,1H3,(H,19,21). The van der Waals surface area contributed by atoms with Crippen molar-refractivity contribution in [1.29, 1.82) is 0 Å². The van der Waals surface area contributed by atoms with Gasteiger partial charge < -0.3 is 5.32 Å². The molecular weight excluding hydrogens is 371 g/mol. The zero-order valence-corrected chi connectivity index (χ0v) is 15.2. The molecule has 0 aliphatic heterocycles. The molecule has 0 atom stereocenters. The lowest BCUT2D eigenvalue weighted by molar-refractivity contribution is -0.116. The molecule has 0 spiro atoms. The van der Waals surface area contributed by atoms with E-state index in [1.54, 1.807) is 30.3 Å². The number of carbonyl (C=O) groups is 1. The maximum atomic E-state index is 12.1. The fourth-order valence-electron chi connectivity index (χ4n) is 2.09. The first-order chi connectivity index (χ1) is 11.3. The largest absolute Gasteiger partial charge is 0.326 e. The van der Waals surface area contributed by atoms with E-state index < -0.39 is 10.0 Å². The number of rotatable bonds is 6. The Morgan fingerprint density at radius 3 is 2.42 bits per heavy atom. The van der Waals surface area contributed by atoms with Crippen LogP contribution in [-0.4, -0.2) is 27.1 Å². The highest BCUT2D eigenvalue weighted by atomic mass is 35.5. The van der Waals surface area contributed by atoms with E-state index in [4.69, 9.17) is 23.2 Å². The SMILES string of the molecule is CS(=O)(=O)N(CCC(=O)Nc1ccccc1)c1cc(Cl)ccc1Cl. The highest BCUT2D eigenvalue weighted by Crippen LogP contribution is 2.30. The molecule has 1 amide bonds. The van der Waals surface area contributed by atoms with Crippen LogP contribution < -0.4 is 9.62 Å². The van der Waals surface area contributed by atoms with Crippen molar-refractivity contribution in [3.05, 3.63) is 58.6 Å². The molecule has 0 bridgehead atoms. The van der Waals surface area contributed by atoms with Gasteiger partial charge in [0.15, 0.2) is 0 Å². The average Bonchev–Trinajstić information content (AvgIpc) is 2.50. The molecule has 8 heteroatoms. The highest BCUT2D eigenvalue weighted by molar-refractivity contribution is 7.92. The molecule has 2 rings (SSSR count). The summed E-state index contributed by atoms with van der Waals surface area (Å²) in [6.07, 6.45) is 1.03. The topological polar surface area (TPSA) is 66.5 Å². The van der Waals surface area contributed by atoms with Gasteiger partial charge in [-0.25, -0.2) is 8.42 Å². The zero-order chi connectivity index (χ0) is 17.7. The Bertz CT molecular complexity index is 826. The Hall–Kier alpha value is -1.76. The van der Waals surface area contributed by atoms with Crippen molar-refractivity contribution in [3.8, 4) is 0 Å². The molecule has 2 aromatic carbocycles. The molecule has 0 saturated carbocycles. The number of hydrogen-bond donors (Lipinski definition) is 1. The molecule has 1 N–H and O–H groups in total. The molecule has 0 aromatic heterocycles. The van der Waals surface area contributed by atoms with Gasteiger partial charge in [-0.05, 0) is 30.3 Å². The van der Waals surface area contributed by atoms with E-state index in [2.05, 4.69) is 5.32 Å². The summed E-state index contributed by atoms with van der Waals surface area (Å²) < 4.78 is 25.2. The number of para-hydroxylation sites is 1. The number of amides is 1. The van der Waals surface area contributed by atoms with Gasteiger partial charge in [0.25, 0.3) is 0 Å². The highest BCUT2D eigenvalue weighted by Gasteiger charge is 2.21. The molecule has 0 aliphatic rings. The number of sulfonamides is 1. The first kappa shape index (κ1) is 18.6. The monoisotopic (exact) mass is 386 g/mol. The number of nitrogens with one attached hydrogen (secondary N) is 1. The van der Waals surface area contributed by atoms with Crippen LogP contribution in [0.1, 0.15) is 6.42 Å². The summed E-state index contributed by atoms with van der Waals surface area (Å²) in [5, 5.41) is 3.31. The molecule has 0 aliphatic carbocycles. The first-order valence-corrected chi connectivity index (χ1v) is 9.65. The Labute approximate surface area is 151 Å². The first-order valence-electron chi connectivity index (χ1n) is 7.05. The second-order valence-electron chi connectivity index (χ2n) is 5.10. The number of carbonyl (C=O) groups excluding carboxylic acids is 1. The molecule has 0 saturated heterocycles. The van der Waals surface area contributed by atoms with Crippen LogP contribution in [0.25, 0.3) is 0 Å². The fourth-order valence-corrected chi connectivity index (χ4v) is 3.46. The summed E-state index contributed by atoms with van der Waals surface area (Å²) in [6.45, 7) is -0.0441. The van der Waals surface area contributed by atoms with Crippen molar-refractivity contribution < 1.29 is 13.2 Å². The lowest BCUT2D eigenvalue weighted by Crippen LogP contribution is -2.33. The van der Waals surface area contributed by atoms with Crippen molar-refractivity contribution in [2.75, 3.05) is 22.4 Å². The molecule has 2 aromatic rings. The number of hydrogen-bond acceptors (Lipinski definition) is 3. The molecule has 0 unspecified atom stereocenters. The normalized spacial score (nSPS) is 11.1. The van der Waals surface area contributed by atoms with Gasteiger partial charge in [0.1, 0.15) is 0 Å². The molecule has 0 fully saturated rings. The van der Waals surface area contributed by atoms with Gasteiger partial charge in [-0.2, -0.15) is 0 Å². The maximum Gasteiger partial charge on any atom is 0.232 e. The van der Waals surface area contributed by atoms with Crippen LogP contribution in [0.15, 0.2) is 48.5 Å². The Morgan fingerprint density at radius 2 is 1.79 bits per heavy atom. The van der Waals surface area contributed by atoms with Crippen LogP contribution in [0.4, 0.5) is 11.4 Å². The fraction of sp³-hybridized carbons (Fsp3) is 0.188. The molecule has 128 valence electrons. The summed E-state index contributed by atoms with van der Waals surface area (Å²) >= 11 is 12.0. The van der Waals surface area contributed by atoms with Crippen LogP contribution in [-0.2, 0) is 14.8 Å². The summed E-state index contributed by atoms with van der Waals surface area (Å²) in [5.74, 6) is -0.298. The van der Waals surface area contributed by atoms with Crippen LogP contribution in [0, 0.1) is 0 Å². The van der Waals surface area contributed by atoms with E-state index in [9.17, 15) is 13.2 Å². The lowest BCUT2D eigenvalue weighted by Gasteiger charge is -2.23. The number of halogens is 2. The predicted molar refractivity (Wildman–Crippen MR) is 98.3 cm³/mol. The van der Waals surface area contributed by atoms with E-state index in [0.29, 0.717) is 10.7 Å². The zero-order valence-electron chi connectivity index (χ0n) is 12.9. The quantitative estimate of drug-likeness (QED) is 0.820. The van der Waals surface area contributed by atoms with Gasteiger partial charge in [0.2, 0.25) is 15.9 Å². The average molecular weight is 387 g/mol. The van der Waals surface area contributed by atoms with Crippen LogP contribution in [0.3, 0.4) is 0 Å².